The van der Waals surface area contributed by atoms with Gasteiger partial charge in [-0.05, 0) is 6.42 Å². The molecule has 0 spiro atoms. The minimum atomic E-state index is -0.263. The highest BCUT2D eigenvalue weighted by Gasteiger charge is 2.22. The summed E-state index contributed by atoms with van der Waals surface area (Å²) in [5.41, 5.74) is 0.240. The van der Waals surface area contributed by atoms with E-state index in [0.717, 1.165) is 6.42 Å². The van der Waals surface area contributed by atoms with Crippen LogP contribution in [-0.4, -0.2) is 41.5 Å². The molecule has 0 radical (unpaired) electrons. The number of carbonyl (C=O) groups is 2. The summed E-state index contributed by atoms with van der Waals surface area (Å²) in [5, 5.41) is 6.25. The van der Waals surface area contributed by atoms with Gasteiger partial charge in [-0.1, -0.05) is 5.16 Å². The van der Waals surface area contributed by atoms with Crippen molar-refractivity contribution in [2.24, 2.45) is 0 Å². The number of amides is 2. The number of hydrogen-bond acceptors (Lipinski definition) is 4. The molecule has 1 aliphatic rings. The largest absolute Gasteiger partial charge is 0.364 e. The van der Waals surface area contributed by atoms with Crippen molar-refractivity contribution in [3.63, 3.8) is 0 Å². The summed E-state index contributed by atoms with van der Waals surface area (Å²) >= 11 is 0. The van der Waals surface area contributed by atoms with Crippen LogP contribution in [0.15, 0.2) is 16.9 Å². The van der Waals surface area contributed by atoms with Crippen LogP contribution in [0.25, 0.3) is 0 Å². The normalized spacial score (nSPS) is 17.1. The Labute approximate surface area is 86.2 Å². The maximum atomic E-state index is 11.8. The molecule has 80 valence electrons. The Hall–Kier alpha value is -1.85. The molecule has 0 aliphatic carbocycles. The van der Waals surface area contributed by atoms with Crippen molar-refractivity contribution in [2.45, 2.75) is 6.42 Å². The van der Waals surface area contributed by atoms with E-state index in [1.54, 1.807) is 0 Å². The van der Waals surface area contributed by atoms with Gasteiger partial charge in [0.2, 0.25) is 5.91 Å². The Balaban J connectivity index is 2.09. The first kappa shape index (κ1) is 9.70. The predicted octanol–water partition coefficient (Wildman–Crippen LogP) is -0.363. The summed E-state index contributed by atoms with van der Waals surface area (Å²) in [6.45, 7) is 1.26. The minimum Gasteiger partial charge on any atom is -0.364 e. The third-order valence-corrected chi connectivity index (χ3v) is 2.21. The van der Waals surface area contributed by atoms with Gasteiger partial charge in [-0.15, -0.1) is 0 Å². The smallest absolute Gasteiger partial charge is 0.276 e. The molecule has 0 saturated carbocycles. The van der Waals surface area contributed by atoms with Crippen LogP contribution in [0.3, 0.4) is 0 Å². The van der Waals surface area contributed by atoms with Gasteiger partial charge in [-0.2, -0.15) is 0 Å². The molecule has 0 bridgehead atoms. The predicted molar refractivity (Wildman–Crippen MR) is 50.0 cm³/mol. The number of carbonyl (C=O) groups excluding carboxylic acids is 2. The highest BCUT2D eigenvalue weighted by atomic mass is 16.5. The Morgan fingerprint density at radius 2 is 2.47 bits per heavy atom. The molecule has 6 nitrogen and oxygen atoms in total. The van der Waals surface area contributed by atoms with E-state index >= 15 is 0 Å². The lowest BCUT2D eigenvalue weighted by Gasteiger charge is -2.16. The average molecular weight is 209 g/mol. The molecule has 15 heavy (non-hydrogen) atoms. The zero-order valence-electron chi connectivity index (χ0n) is 8.10. The lowest BCUT2D eigenvalue weighted by atomic mass is 10.3. The summed E-state index contributed by atoms with van der Waals surface area (Å²) < 4.78 is 4.59. The fraction of sp³-hybridized carbons (Fsp3) is 0.444. The highest BCUT2D eigenvalue weighted by molar-refractivity contribution is 5.94. The summed E-state index contributed by atoms with van der Waals surface area (Å²) in [6.07, 6.45) is 2.10. The first-order valence-corrected chi connectivity index (χ1v) is 4.74. The van der Waals surface area contributed by atoms with E-state index in [-0.39, 0.29) is 24.1 Å². The van der Waals surface area contributed by atoms with Gasteiger partial charge in [0.05, 0.1) is 6.54 Å². The van der Waals surface area contributed by atoms with Crippen LogP contribution >= 0.6 is 0 Å². The topological polar surface area (TPSA) is 75.4 Å². The molecule has 2 amide bonds. The fourth-order valence-corrected chi connectivity index (χ4v) is 1.46. The maximum Gasteiger partial charge on any atom is 0.276 e. The van der Waals surface area contributed by atoms with E-state index in [4.69, 9.17) is 0 Å². The van der Waals surface area contributed by atoms with Crippen LogP contribution in [-0.2, 0) is 4.79 Å². The fourth-order valence-electron chi connectivity index (χ4n) is 1.46. The van der Waals surface area contributed by atoms with Crippen LogP contribution in [0.1, 0.15) is 16.9 Å². The van der Waals surface area contributed by atoms with E-state index in [1.165, 1.54) is 17.2 Å². The second-order valence-corrected chi connectivity index (χ2v) is 3.31. The molecule has 1 saturated heterocycles. The van der Waals surface area contributed by atoms with Crippen molar-refractivity contribution in [1.29, 1.82) is 0 Å². The minimum absolute atomic E-state index is 0.0890. The van der Waals surface area contributed by atoms with Crippen molar-refractivity contribution >= 4 is 11.8 Å². The molecule has 0 aromatic carbocycles. The zero-order chi connectivity index (χ0) is 10.7. The van der Waals surface area contributed by atoms with Gasteiger partial charge in [0.15, 0.2) is 5.69 Å². The molecular weight excluding hydrogens is 198 g/mol. The second-order valence-electron chi connectivity index (χ2n) is 3.31. The quantitative estimate of drug-likeness (QED) is 0.685. The molecule has 0 atom stereocenters. The van der Waals surface area contributed by atoms with Gasteiger partial charge in [0.1, 0.15) is 6.26 Å². The van der Waals surface area contributed by atoms with Gasteiger partial charge >= 0.3 is 0 Å². The van der Waals surface area contributed by atoms with Gasteiger partial charge < -0.3 is 14.7 Å². The molecule has 1 aromatic heterocycles. The molecule has 2 heterocycles. The van der Waals surface area contributed by atoms with Crippen LogP contribution < -0.4 is 5.32 Å². The lowest BCUT2D eigenvalue weighted by Crippen LogP contribution is -2.37. The van der Waals surface area contributed by atoms with Crippen LogP contribution in [0.4, 0.5) is 0 Å². The zero-order valence-corrected chi connectivity index (χ0v) is 8.10. The van der Waals surface area contributed by atoms with Crippen molar-refractivity contribution in [3.8, 4) is 0 Å². The highest BCUT2D eigenvalue weighted by Crippen LogP contribution is 2.04. The van der Waals surface area contributed by atoms with Gasteiger partial charge in [0, 0.05) is 19.2 Å². The Morgan fingerprint density at radius 3 is 3.20 bits per heavy atom. The SMILES string of the molecule is O=C1CN(C(=O)c2ccon2)CCCN1. The molecule has 1 fully saturated rings. The Morgan fingerprint density at radius 1 is 1.60 bits per heavy atom. The summed E-state index contributed by atoms with van der Waals surface area (Å²) in [5.74, 6) is -0.398. The molecule has 1 aromatic rings. The van der Waals surface area contributed by atoms with E-state index in [9.17, 15) is 9.59 Å². The monoisotopic (exact) mass is 209 g/mol. The first-order chi connectivity index (χ1) is 7.27. The van der Waals surface area contributed by atoms with Crippen LogP contribution in [0, 0.1) is 0 Å². The van der Waals surface area contributed by atoms with Gasteiger partial charge in [-0.3, -0.25) is 9.59 Å². The van der Waals surface area contributed by atoms with E-state index in [2.05, 4.69) is 15.0 Å². The number of nitrogens with zero attached hydrogens (tertiary/aromatic N) is 2. The average Bonchev–Trinajstić information content (AvgIpc) is 2.67. The maximum absolute atomic E-state index is 11.8. The van der Waals surface area contributed by atoms with Gasteiger partial charge in [-0.25, -0.2) is 0 Å². The molecule has 2 rings (SSSR count). The summed E-state index contributed by atoms with van der Waals surface area (Å²) in [4.78, 5) is 24.5. The van der Waals surface area contributed by atoms with Crippen LogP contribution in [0.5, 0.6) is 0 Å². The van der Waals surface area contributed by atoms with Crippen LogP contribution in [0.2, 0.25) is 0 Å². The van der Waals surface area contributed by atoms with Crippen molar-refractivity contribution in [3.05, 3.63) is 18.0 Å². The molecular formula is C9H11N3O3. The third kappa shape index (κ3) is 2.15. The number of hydrogen-bond donors (Lipinski definition) is 1. The van der Waals surface area contributed by atoms with E-state index < -0.39 is 0 Å². The van der Waals surface area contributed by atoms with Crippen molar-refractivity contribution in [1.82, 2.24) is 15.4 Å². The van der Waals surface area contributed by atoms with E-state index in [1.807, 2.05) is 0 Å². The van der Waals surface area contributed by atoms with Gasteiger partial charge in [0.25, 0.3) is 5.91 Å². The van der Waals surface area contributed by atoms with Crippen molar-refractivity contribution in [2.75, 3.05) is 19.6 Å². The first-order valence-electron chi connectivity index (χ1n) is 4.74. The molecule has 6 heteroatoms. The summed E-state index contributed by atoms with van der Waals surface area (Å²) in [6, 6.07) is 1.49. The molecule has 1 aliphatic heterocycles. The number of nitrogens with one attached hydrogen (secondary N) is 1. The third-order valence-electron chi connectivity index (χ3n) is 2.21. The Bertz CT molecular complexity index is 361. The summed E-state index contributed by atoms with van der Waals surface area (Å²) in [7, 11) is 0. The second kappa shape index (κ2) is 4.12. The number of rotatable bonds is 1. The van der Waals surface area contributed by atoms with Crippen molar-refractivity contribution < 1.29 is 14.1 Å². The lowest BCUT2D eigenvalue weighted by molar-refractivity contribution is -0.121. The van der Waals surface area contributed by atoms with E-state index in [0.29, 0.717) is 13.1 Å². The molecule has 1 N–H and O–H groups in total. The Kier molecular flexibility index (Phi) is 2.66. The number of aromatic nitrogens is 1. The molecule has 0 unspecified atom stereocenters. The standard InChI is InChI=1S/C9H11N3O3/c13-8-6-12(4-1-3-10-8)9(14)7-2-5-15-11-7/h2,5H,1,3-4,6H2,(H,10,13).